The number of nitrogens with two attached hydrogens (primary N) is 1. The van der Waals surface area contributed by atoms with Crippen molar-refractivity contribution < 1.29 is 9.59 Å². The second kappa shape index (κ2) is 5.22. The van der Waals surface area contributed by atoms with Gasteiger partial charge in [0, 0.05) is 12.1 Å². The van der Waals surface area contributed by atoms with E-state index in [-0.39, 0.29) is 18.2 Å². The van der Waals surface area contributed by atoms with Gasteiger partial charge in [0.25, 0.3) is 0 Å². The van der Waals surface area contributed by atoms with Crippen molar-refractivity contribution in [2.24, 2.45) is 0 Å². The van der Waals surface area contributed by atoms with Crippen LogP contribution in [0.2, 0.25) is 5.02 Å². The molecule has 0 bridgehead atoms. The van der Waals surface area contributed by atoms with Gasteiger partial charge in [-0.25, -0.2) is 4.90 Å². The molecule has 2 amide bonds. The molecule has 0 aromatic heterocycles. The normalized spacial score (nSPS) is 18.3. The summed E-state index contributed by atoms with van der Waals surface area (Å²) >= 11 is 6.11. The molecule has 0 saturated carbocycles. The molecule has 1 aliphatic heterocycles. The molecule has 1 heterocycles. The highest BCUT2D eigenvalue weighted by atomic mass is 35.5. The Labute approximate surface area is 127 Å². The van der Waals surface area contributed by atoms with Crippen molar-refractivity contribution in [1.82, 2.24) is 0 Å². The van der Waals surface area contributed by atoms with Gasteiger partial charge in [0.15, 0.2) is 0 Å². The van der Waals surface area contributed by atoms with Gasteiger partial charge in [-0.1, -0.05) is 41.9 Å². The number of rotatable bonds is 2. The van der Waals surface area contributed by atoms with Gasteiger partial charge in [0.05, 0.1) is 16.6 Å². The minimum Gasteiger partial charge on any atom is -0.399 e. The maximum atomic E-state index is 12.6. The molecule has 0 spiro atoms. The van der Waals surface area contributed by atoms with Gasteiger partial charge in [-0.2, -0.15) is 0 Å². The van der Waals surface area contributed by atoms with Crippen molar-refractivity contribution >= 4 is 34.8 Å². The van der Waals surface area contributed by atoms with Crippen LogP contribution in [-0.4, -0.2) is 11.8 Å². The topological polar surface area (TPSA) is 63.4 Å². The van der Waals surface area contributed by atoms with Crippen LogP contribution in [0.3, 0.4) is 0 Å². The fourth-order valence-corrected chi connectivity index (χ4v) is 2.81. The van der Waals surface area contributed by atoms with Crippen LogP contribution in [0.1, 0.15) is 17.9 Å². The lowest BCUT2D eigenvalue weighted by Crippen LogP contribution is -2.30. The first-order chi connectivity index (χ1) is 10.1. The Morgan fingerprint density at radius 1 is 1.10 bits per heavy atom. The second-order valence-electron chi connectivity index (χ2n) is 4.95. The van der Waals surface area contributed by atoms with Crippen LogP contribution >= 0.6 is 11.6 Å². The highest BCUT2D eigenvalue weighted by molar-refractivity contribution is 6.36. The van der Waals surface area contributed by atoms with Crippen molar-refractivity contribution in [3.8, 4) is 0 Å². The zero-order valence-electron chi connectivity index (χ0n) is 11.1. The zero-order chi connectivity index (χ0) is 15.0. The molecule has 1 fully saturated rings. The fraction of sp³-hybridized carbons (Fsp3) is 0.125. The van der Waals surface area contributed by atoms with Gasteiger partial charge in [-0.15, -0.1) is 0 Å². The number of nitrogens with zero attached hydrogens (tertiary/aromatic N) is 1. The fourth-order valence-electron chi connectivity index (χ4n) is 2.54. The van der Waals surface area contributed by atoms with E-state index in [4.69, 9.17) is 17.3 Å². The number of carbonyl (C=O) groups excluding carboxylic acids is 2. The van der Waals surface area contributed by atoms with E-state index in [9.17, 15) is 9.59 Å². The average molecular weight is 301 g/mol. The molecule has 1 unspecified atom stereocenters. The van der Waals surface area contributed by atoms with E-state index in [1.807, 2.05) is 30.3 Å². The molecule has 3 rings (SSSR count). The summed E-state index contributed by atoms with van der Waals surface area (Å²) in [5.41, 5.74) is 7.36. The Bertz CT molecular complexity index is 715. The van der Waals surface area contributed by atoms with E-state index >= 15 is 0 Å². The summed E-state index contributed by atoms with van der Waals surface area (Å²) in [6.45, 7) is 0. The van der Waals surface area contributed by atoms with Crippen molar-refractivity contribution in [1.29, 1.82) is 0 Å². The first kappa shape index (κ1) is 13.6. The van der Waals surface area contributed by atoms with Crippen LogP contribution < -0.4 is 10.6 Å². The summed E-state index contributed by atoms with van der Waals surface area (Å²) in [6.07, 6.45) is 0.156. The van der Waals surface area contributed by atoms with E-state index in [1.165, 1.54) is 6.07 Å². The predicted octanol–water partition coefficient (Wildman–Crippen LogP) is 2.97. The van der Waals surface area contributed by atoms with Gasteiger partial charge in [0.1, 0.15) is 0 Å². The van der Waals surface area contributed by atoms with Crippen LogP contribution in [0.15, 0.2) is 48.5 Å². The number of halogens is 1. The number of anilines is 2. The first-order valence-electron chi connectivity index (χ1n) is 6.54. The molecular formula is C16H13ClN2O2. The molecule has 0 radical (unpaired) electrons. The number of benzene rings is 2. The molecule has 106 valence electrons. The molecule has 0 aliphatic carbocycles. The van der Waals surface area contributed by atoms with Gasteiger partial charge in [-0.3, -0.25) is 9.59 Å². The monoisotopic (exact) mass is 300 g/mol. The van der Waals surface area contributed by atoms with Crippen LogP contribution in [0.4, 0.5) is 11.4 Å². The van der Waals surface area contributed by atoms with E-state index in [1.54, 1.807) is 12.1 Å². The smallest absolute Gasteiger partial charge is 0.241 e. The molecule has 2 N–H and O–H groups in total. The predicted molar refractivity (Wildman–Crippen MR) is 82.2 cm³/mol. The maximum Gasteiger partial charge on any atom is 0.241 e. The minimum atomic E-state index is -0.452. The SMILES string of the molecule is Nc1ccc(N2C(=O)CC(c3ccccc3)C2=O)c(Cl)c1. The standard InChI is InChI=1S/C16H13ClN2O2/c17-13-8-11(18)6-7-14(13)19-15(20)9-12(16(19)21)10-4-2-1-3-5-10/h1-8,12H,9,18H2. The van der Waals surface area contributed by atoms with Crippen molar-refractivity contribution in [2.75, 3.05) is 10.6 Å². The molecular weight excluding hydrogens is 288 g/mol. The summed E-state index contributed by atoms with van der Waals surface area (Å²) < 4.78 is 0. The molecule has 5 heteroatoms. The molecule has 1 atom stereocenters. The number of hydrogen-bond acceptors (Lipinski definition) is 3. The van der Waals surface area contributed by atoms with E-state index in [2.05, 4.69) is 0 Å². The van der Waals surface area contributed by atoms with Gasteiger partial charge in [0.2, 0.25) is 11.8 Å². The Morgan fingerprint density at radius 3 is 2.48 bits per heavy atom. The zero-order valence-corrected chi connectivity index (χ0v) is 11.9. The lowest BCUT2D eigenvalue weighted by Gasteiger charge is -2.17. The molecule has 4 nitrogen and oxygen atoms in total. The summed E-state index contributed by atoms with van der Waals surface area (Å²) in [5, 5.41) is 0.297. The molecule has 1 saturated heterocycles. The summed E-state index contributed by atoms with van der Waals surface area (Å²) in [6, 6.07) is 14.0. The van der Waals surface area contributed by atoms with Crippen LogP contribution in [0.5, 0.6) is 0 Å². The van der Waals surface area contributed by atoms with Crippen LogP contribution in [0.25, 0.3) is 0 Å². The number of imide groups is 1. The van der Waals surface area contributed by atoms with Crippen molar-refractivity contribution in [2.45, 2.75) is 12.3 Å². The first-order valence-corrected chi connectivity index (χ1v) is 6.92. The molecule has 1 aliphatic rings. The van der Waals surface area contributed by atoms with Gasteiger partial charge in [-0.05, 0) is 23.8 Å². The number of hydrogen-bond donors (Lipinski definition) is 1. The lowest BCUT2D eigenvalue weighted by molar-refractivity contribution is -0.121. The third kappa shape index (κ3) is 2.38. The van der Waals surface area contributed by atoms with Crippen molar-refractivity contribution in [3.63, 3.8) is 0 Å². The average Bonchev–Trinajstić information content (AvgIpc) is 2.76. The third-order valence-corrected chi connectivity index (χ3v) is 3.86. The number of carbonyl (C=O) groups is 2. The highest BCUT2D eigenvalue weighted by Gasteiger charge is 2.40. The summed E-state index contributed by atoms with van der Waals surface area (Å²) in [7, 11) is 0. The quantitative estimate of drug-likeness (QED) is 0.685. The maximum absolute atomic E-state index is 12.6. The van der Waals surface area contributed by atoms with E-state index in [0.29, 0.717) is 16.4 Å². The van der Waals surface area contributed by atoms with E-state index in [0.717, 1.165) is 10.5 Å². The Morgan fingerprint density at radius 2 is 1.81 bits per heavy atom. The van der Waals surface area contributed by atoms with E-state index < -0.39 is 5.92 Å². The van der Waals surface area contributed by atoms with Crippen molar-refractivity contribution in [3.05, 3.63) is 59.1 Å². The summed E-state index contributed by atoms with van der Waals surface area (Å²) in [4.78, 5) is 25.9. The second-order valence-corrected chi connectivity index (χ2v) is 5.35. The Kier molecular flexibility index (Phi) is 3.39. The number of nitrogen functional groups attached to an aromatic ring is 1. The minimum absolute atomic E-state index is 0.156. The summed E-state index contributed by atoms with van der Waals surface area (Å²) in [5.74, 6) is -0.953. The highest BCUT2D eigenvalue weighted by Crippen LogP contribution is 2.36. The van der Waals surface area contributed by atoms with Gasteiger partial charge >= 0.3 is 0 Å². The largest absolute Gasteiger partial charge is 0.399 e. The Hall–Kier alpha value is -2.33. The molecule has 2 aromatic carbocycles. The van der Waals surface area contributed by atoms with Gasteiger partial charge < -0.3 is 5.73 Å². The van der Waals surface area contributed by atoms with Crippen LogP contribution in [-0.2, 0) is 9.59 Å². The molecule has 21 heavy (non-hydrogen) atoms. The Balaban J connectivity index is 1.98. The number of amides is 2. The lowest BCUT2D eigenvalue weighted by atomic mass is 9.98. The third-order valence-electron chi connectivity index (χ3n) is 3.56. The molecule has 2 aromatic rings. The van der Waals surface area contributed by atoms with Crippen LogP contribution in [0, 0.1) is 0 Å².